The van der Waals surface area contributed by atoms with Gasteiger partial charge in [0, 0.05) is 24.6 Å². The molecule has 1 aliphatic rings. The molecule has 0 unspecified atom stereocenters. The van der Waals surface area contributed by atoms with Gasteiger partial charge in [-0.2, -0.15) is 9.49 Å². The van der Waals surface area contributed by atoms with E-state index in [1.807, 2.05) is 0 Å². The predicted octanol–water partition coefficient (Wildman–Crippen LogP) is 3.03. The van der Waals surface area contributed by atoms with E-state index in [4.69, 9.17) is 19.3 Å². The van der Waals surface area contributed by atoms with Gasteiger partial charge < -0.3 is 24.2 Å². The molecule has 0 bridgehead atoms. The number of carboxylic acid groups (broad SMARTS) is 1. The number of likely N-dealkylation sites (tertiary alicyclic amines) is 1. The summed E-state index contributed by atoms with van der Waals surface area (Å²) in [5.74, 6) is -1.88. The highest BCUT2D eigenvalue weighted by atomic mass is 19.2. The molecule has 1 aliphatic heterocycles. The van der Waals surface area contributed by atoms with E-state index in [0.717, 1.165) is 11.5 Å². The molecule has 1 amide bonds. The molecule has 0 aliphatic carbocycles. The van der Waals surface area contributed by atoms with E-state index >= 15 is 0 Å². The third-order valence-electron chi connectivity index (χ3n) is 4.52. The fourth-order valence-electron chi connectivity index (χ4n) is 3.05. The Morgan fingerprint density at radius 2 is 2.07 bits per heavy atom. The Labute approximate surface area is 163 Å². The highest BCUT2D eigenvalue weighted by Gasteiger charge is 2.32. The third kappa shape index (κ3) is 3.66. The lowest BCUT2D eigenvalue weighted by molar-refractivity contribution is 0.0253. The number of nitrogens with zero attached hydrogens (tertiary/aromatic N) is 3. The summed E-state index contributed by atoms with van der Waals surface area (Å²) in [6, 6.07) is 7.57. The topological polar surface area (TPSA) is 86.1 Å². The highest BCUT2D eigenvalue weighted by molar-refractivity contribution is 5.82. The Balaban J connectivity index is 1.58. The van der Waals surface area contributed by atoms with Crippen LogP contribution >= 0.6 is 0 Å². The normalized spacial score (nSPS) is 14.1. The first kappa shape index (κ1) is 18.9. The Morgan fingerprint density at radius 1 is 1.28 bits per heavy atom. The van der Waals surface area contributed by atoms with Crippen LogP contribution in [0, 0.1) is 11.6 Å². The molecule has 1 N–H and O–H groups in total. The maximum Gasteiger partial charge on any atom is 0.407 e. The van der Waals surface area contributed by atoms with Crippen molar-refractivity contribution in [2.24, 2.45) is 0 Å². The van der Waals surface area contributed by atoms with Crippen LogP contribution in [0.5, 0.6) is 11.5 Å². The number of amides is 1. The Morgan fingerprint density at radius 3 is 2.79 bits per heavy atom. The lowest BCUT2D eigenvalue weighted by atomic mass is 10.2. The van der Waals surface area contributed by atoms with E-state index in [1.165, 1.54) is 22.8 Å². The second-order valence-electron chi connectivity index (χ2n) is 6.49. The first-order valence-corrected chi connectivity index (χ1v) is 8.69. The van der Waals surface area contributed by atoms with Crippen molar-refractivity contribution >= 4 is 17.0 Å². The Hall–Kier alpha value is -3.40. The molecule has 2 heterocycles. The summed E-state index contributed by atoms with van der Waals surface area (Å²) < 4.78 is 44.9. The lowest BCUT2D eigenvalue weighted by Crippen LogP contribution is -2.55. The second kappa shape index (κ2) is 7.55. The summed E-state index contributed by atoms with van der Waals surface area (Å²) >= 11 is 0. The minimum absolute atomic E-state index is 0.203. The van der Waals surface area contributed by atoms with E-state index in [0.29, 0.717) is 24.4 Å². The van der Waals surface area contributed by atoms with Crippen molar-refractivity contribution < 1.29 is 32.9 Å². The molecule has 3 aromatic rings. The number of methoxy groups -OCH3 is 1. The van der Waals surface area contributed by atoms with Crippen molar-refractivity contribution in [2.45, 2.75) is 6.10 Å². The number of fused-ring (bicyclic) bond motifs is 1. The van der Waals surface area contributed by atoms with E-state index in [9.17, 15) is 13.6 Å². The number of carbonyl (C=O) groups is 1. The smallest absolute Gasteiger partial charge is 0.407 e. The minimum Gasteiger partial charge on any atom is -0.487 e. The molecule has 4 rings (SSSR count). The number of aromatic nitrogens is 2. The highest BCUT2D eigenvalue weighted by Crippen LogP contribution is 2.29. The SMILES string of the molecule is COCOc1cc(-n2ncc3cc(OC4CN(C(=O)O)C4)ccc32)cc(F)c1F. The maximum absolute atomic E-state index is 14.0. The fourth-order valence-corrected chi connectivity index (χ4v) is 3.05. The predicted molar refractivity (Wildman–Crippen MR) is 97.5 cm³/mol. The van der Waals surface area contributed by atoms with Crippen LogP contribution < -0.4 is 9.47 Å². The first-order valence-electron chi connectivity index (χ1n) is 8.69. The fraction of sp³-hybridized carbons (Fsp3) is 0.263. The summed E-state index contributed by atoms with van der Waals surface area (Å²) in [5.41, 5.74) is 0.941. The van der Waals surface area contributed by atoms with Gasteiger partial charge in [-0.15, -0.1) is 0 Å². The summed E-state index contributed by atoms with van der Waals surface area (Å²) in [4.78, 5) is 12.1. The van der Waals surface area contributed by atoms with Crippen LogP contribution in [0.4, 0.5) is 13.6 Å². The molecule has 0 saturated carbocycles. The molecule has 2 aromatic carbocycles. The molecule has 8 nitrogen and oxygen atoms in total. The summed E-state index contributed by atoms with van der Waals surface area (Å²) in [5, 5.41) is 13.8. The van der Waals surface area contributed by atoms with E-state index in [2.05, 4.69) is 5.10 Å². The van der Waals surface area contributed by atoms with E-state index < -0.39 is 17.7 Å². The molecule has 1 fully saturated rings. The molecule has 0 atom stereocenters. The van der Waals surface area contributed by atoms with Crippen LogP contribution in [-0.2, 0) is 4.74 Å². The average molecular weight is 405 g/mol. The van der Waals surface area contributed by atoms with Gasteiger partial charge >= 0.3 is 6.09 Å². The van der Waals surface area contributed by atoms with E-state index in [1.54, 1.807) is 24.4 Å². The van der Waals surface area contributed by atoms with Crippen molar-refractivity contribution in [1.29, 1.82) is 0 Å². The zero-order chi connectivity index (χ0) is 20.5. The van der Waals surface area contributed by atoms with Crippen LogP contribution in [0.15, 0.2) is 36.5 Å². The zero-order valence-electron chi connectivity index (χ0n) is 15.3. The third-order valence-corrected chi connectivity index (χ3v) is 4.52. The quantitative estimate of drug-likeness (QED) is 0.635. The van der Waals surface area contributed by atoms with Crippen LogP contribution in [0.25, 0.3) is 16.6 Å². The maximum atomic E-state index is 14.0. The molecule has 0 radical (unpaired) electrons. The van der Waals surface area contributed by atoms with Crippen LogP contribution in [0.3, 0.4) is 0 Å². The summed E-state index contributed by atoms with van der Waals surface area (Å²) in [6.07, 6.45) is 0.399. The molecule has 152 valence electrons. The molecular weight excluding hydrogens is 388 g/mol. The van der Waals surface area contributed by atoms with Crippen LogP contribution in [0.2, 0.25) is 0 Å². The van der Waals surface area contributed by atoms with Crippen molar-refractivity contribution in [3.63, 3.8) is 0 Å². The number of benzene rings is 2. The van der Waals surface area contributed by atoms with Crippen molar-refractivity contribution in [3.05, 3.63) is 48.2 Å². The van der Waals surface area contributed by atoms with Gasteiger partial charge in [0.1, 0.15) is 11.9 Å². The monoisotopic (exact) mass is 405 g/mol. The second-order valence-corrected chi connectivity index (χ2v) is 6.49. The van der Waals surface area contributed by atoms with Gasteiger partial charge in [0.25, 0.3) is 0 Å². The van der Waals surface area contributed by atoms with Gasteiger partial charge in [0.15, 0.2) is 18.4 Å². The standard InChI is InChI=1S/C19H17F2N3O5/c1-27-10-28-17-6-12(5-15(20)18(17)21)24-16-3-2-13(4-11(16)7-22-24)29-14-8-23(9-14)19(25)26/h2-7,14H,8-10H2,1H3,(H,25,26). The van der Waals surface area contributed by atoms with Gasteiger partial charge in [0.2, 0.25) is 5.82 Å². The minimum atomic E-state index is -1.10. The Bertz CT molecular complexity index is 1070. The molecule has 1 saturated heterocycles. The van der Waals surface area contributed by atoms with Gasteiger partial charge in [-0.1, -0.05) is 0 Å². The van der Waals surface area contributed by atoms with Gasteiger partial charge in [-0.25, -0.2) is 13.9 Å². The van der Waals surface area contributed by atoms with Crippen molar-refractivity contribution in [3.8, 4) is 17.2 Å². The lowest BCUT2D eigenvalue weighted by Gasteiger charge is -2.36. The summed E-state index contributed by atoms with van der Waals surface area (Å²) in [7, 11) is 1.38. The molecule has 0 spiro atoms. The molecule has 1 aromatic heterocycles. The van der Waals surface area contributed by atoms with E-state index in [-0.39, 0.29) is 24.3 Å². The Kier molecular flexibility index (Phi) is 4.93. The van der Waals surface area contributed by atoms with Crippen LogP contribution in [-0.4, -0.2) is 59.0 Å². The number of hydrogen-bond donors (Lipinski definition) is 1. The number of hydrogen-bond acceptors (Lipinski definition) is 5. The van der Waals surface area contributed by atoms with Gasteiger partial charge in [-0.3, -0.25) is 0 Å². The number of ether oxygens (including phenoxy) is 3. The zero-order valence-corrected chi connectivity index (χ0v) is 15.3. The van der Waals surface area contributed by atoms with Gasteiger partial charge in [0.05, 0.1) is 30.5 Å². The molecular formula is C19H17F2N3O5. The number of rotatable bonds is 6. The van der Waals surface area contributed by atoms with Gasteiger partial charge in [-0.05, 0) is 18.2 Å². The van der Waals surface area contributed by atoms with Crippen LogP contribution in [0.1, 0.15) is 0 Å². The average Bonchev–Trinajstić information content (AvgIpc) is 3.08. The molecule has 10 heteroatoms. The first-order chi connectivity index (χ1) is 14.0. The van der Waals surface area contributed by atoms with Crippen molar-refractivity contribution in [1.82, 2.24) is 14.7 Å². The van der Waals surface area contributed by atoms with Crippen molar-refractivity contribution in [2.75, 3.05) is 27.0 Å². The molecule has 29 heavy (non-hydrogen) atoms. The largest absolute Gasteiger partial charge is 0.487 e. The number of halogens is 2. The summed E-state index contributed by atoms with van der Waals surface area (Å²) in [6.45, 7) is 0.401.